The Morgan fingerprint density at radius 2 is 2.04 bits per heavy atom. The van der Waals surface area contributed by atoms with E-state index in [4.69, 9.17) is 4.74 Å². The molecule has 0 saturated carbocycles. The van der Waals surface area contributed by atoms with E-state index in [0.29, 0.717) is 0 Å². The Bertz CT molecular complexity index is 799. The van der Waals surface area contributed by atoms with E-state index >= 15 is 0 Å². The normalized spacial score (nSPS) is 11.1. The predicted molar refractivity (Wildman–Crippen MR) is 105 cm³/mol. The number of H-pyrrole nitrogens is 1. The van der Waals surface area contributed by atoms with E-state index in [1.165, 1.54) is 0 Å². The van der Waals surface area contributed by atoms with Gasteiger partial charge in [-0.1, -0.05) is 28.1 Å². The van der Waals surface area contributed by atoms with Gasteiger partial charge in [0.05, 0.1) is 22.6 Å². The van der Waals surface area contributed by atoms with E-state index in [1.807, 2.05) is 24.3 Å². The Labute approximate surface area is 158 Å². The fraction of sp³-hybridized carbons (Fsp3) is 0.278. The summed E-state index contributed by atoms with van der Waals surface area (Å²) in [6.07, 6.45) is 1.96. The van der Waals surface area contributed by atoms with Crippen LogP contribution < -0.4 is 10.1 Å². The van der Waals surface area contributed by atoms with Gasteiger partial charge in [0, 0.05) is 23.0 Å². The number of halogens is 2. The van der Waals surface area contributed by atoms with Crippen LogP contribution in [0.5, 0.6) is 5.75 Å². The molecule has 0 atom stereocenters. The minimum atomic E-state index is 0.765. The summed E-state index contributed by atoms with van der Waals surface area (Å²) in [5.41, 5.74) is 3.26. The zero-order valence-corrected chi connectivity index (χ0v) is 16.6. The van der Waals surface area contributed by atoms with Crippen molar-refractivity contribution in [3.05, 3.63) is 56.7 Å². The van der Waals surface area contributed by atoms with Crippen LogP contribution in [0.25, 0.3) is 11.0 Å². The van der Waals surface area contributed by atoms with Crippen molar-refractivity contribution in [2.24, 2.45) is 0 Å². The molecule has 0 spiro atoms. The SMILES string of the molecule is COc1c(Br)cc(Br)cc1CNCCCc1nc2ccccc2[nH]1. The van der Waals surface area contributed by atoms with Gasteiger partial charge in [0.1, 0.15) is 11.6 Å². The zero-order valence-electron chi connectivity index (χ0n) is 13.4. The third kappa shape index (κ3) is 4.18. The molecule has 126 valence electrons. The number of aromatic nitrogens is 2. The molecule has 1 heterocycles. The molecule has 3 aromatic rings. The molecule has 0 aliphatic heterocycles. The van der Waals surface area contributed by atoms with Crippen LogP contribution in [0.1, 0.15) is 17.8 Å². The lowest BCUT2D eigenvalue weighted by molar-refractivity contribution is 0.405. The number of rotatable bonds is 7. The predicted octanol–water partition coefficient (Wildman–Crippen LogP) is 4.82. The van der Waals surface area contributed by atoms with Crippen LogP contribution in [0.3, 0.4) is 0 Å². The summed E-state index contributed by atoms with van der Waals surface area (Å²) in [5, 5.41) is 3.47. The van der Waals surface area contributed by atoms with Crippen LogP contribution in [0, 0.1) is 0 Å². The molecule has 4 nitrogen and oxygen atoms in total. The molecule has 6 heteroatoms. The summed E-state index contributed by atoms with van der Waals surface area (Å²) < 4.78 is 7.46. The van der Waals surface area contributed by atoms with Gasteiger partial charge < -0.3 is 15.0 Å². The van der Waals surface area contributed by atoms with Crippen molar-refractivity contribution in [2.75, 3.05) is 13.7 Å². The van der Waals surface area contributed by atoms with E-state index in [-0.39, 0.29) is 0 Å². The Morgan fingerprint density at radius 1 is 1.21 bits per heavy atom. The van der Waals surface area contributed by atoms with Crippen LogP contribution >= 0.6 is 31.9 Å². The molecule has 0 amide bonds. The Hall–Kier alpha value is -1.37. The van der Waals surface area contributed by atoms with Crippen molar-refractivity contribution in [3.63, 3.8) is 0 Å². The molecule has 0 unspecified atom stereocenters. The third-order valence-electron chi connectivity index (χ3n) is 3.81. The molecule has 0 bridgehead atoms. The maximum absolute atomic E-state index is 5.47. The highest BCUT2D eigenvalue weighted by molar-refractivity contribution is 9.11. The molecule has 0 aliphatic rings. The number of benzene rings is 2. The molecular weight excluding hydrogens is 434 g/mol. The van der Waals surface area contributed by atoms with Crippen molar-refractivity contribution >= 4 is 42.9 Å². The fourth-order valence-electron chi connectivity index (χ4n) is 2.70. The summed E-state index contributed by atoms with van der Waals surface area (Å²) in [6.45, 7) is 1.69. The molecular formula is C18H19Br2N3O. The average Bonchev–Trinajstić information content (AvgIpc) is 2.97. The number of nitrogens with one attached hydrogen (secondary N) is 2. The van der Waals surface area contributed by atoms with Gasteiger partial charge in [-0.05, 0) is 53.2 Å². The number of nitrogens with zero attached hydrogens (tertiary/aromatic N) is 1. The number of hydrogen-bond donors (Lipinski definition) is 2. The highest BCUT2D eigenvalue weighted by Gasteiger charge is 2.09. The largest absolute Gasteiger partial charge is 0.495 e. The van der Waals surface area contributed by atoms with Gasteiger partial charge in [-0.15, -0.1) is 0 Å². The van der Waals surface area contributed by atoms with E-state index < -0.39 is 0 Å². The number of fused-ring (bicyclic) bond motifs is 1. The monoisotopic (exact) mass is 451 g/mol. The van der Waals surface area contributed by atoms with Gasteiger partial charge >= 0.3 is 0 Å². The van der Waals surface area contributed by atoms with Gasteiger partial charge in [-0.2, -0.15) is 0 Å². The van der Waals surface area contributed by atoms with Crippen LogP contribution in [-0.2, 0) is 13.0 Å². The molecule has 0 fully saturated rings. The molecule has 2 aromatic carbocycles. The number of methoxy groups -OCH3 is 1. The van der Waals surface area contributed by atoms with Crippen LogP contribution in [0.4, 0.5) is 0 Å². The molecule has 1 aromatic heterocycles. The third-order valence-corrected chi connectivity index (χ3v) is 4.86. The summed E-state index contributed by atoms with van der Waals surface area (Å²) in [4.78, 5) is 7.97. The summed E-state index contributed by atoms with van der Waals surface area (Å²) in [6, 6.07) is 12.2. The number of aromatic amines is 1. The fourth-order valence-corrected chi connectivity index (χ4v) is 4.18. The average molecular weight is 453 g/mol. The number of ether oxygens (including phenoxy) is 1. The first-order valence-electron chi connectivity index (χ1n) is 7.83. The highest BCUT2D eigenvalue weighted by atomic mass is 79.9. The Morgan fingerprint density at radius 3 is 2.83 bits per heavy atom. The summed E-state index contributed by atoms with van der Waals surface area (Å²) in [5.74, 6) is 1.92. The van der Waals surface area contributed by atoms with Gasteiger partial charge in [-0.3, -0.25) is 0 Å². The Kier molecular flexibility index (Phi) is 5.92. The van der Waals surface area contributed by atoms with Crippen molar-refractivity contribution in [3.8, 4) is 5.75 Å². The van der Waals surface area contributed by atoms with Gasteiger partial charge in [0.25, 0.3) is 0 Å². The zero-order chi connectivity index (χ0) is 16.9. The van der Waals surface area contributed by atoms with E-state index in [1.54, 1.807) is 7.11 Å². The second-order valence-electron chi connectivity index (χ2n) is 5.56. The smallest absolute Gasteiger partial charge is 0.137 e. The number of hydrogen-bond acceptors (Lipinski definition) is 3. The number of imidazole rings is 1. The van der Waals surface area contributed by atoms with E-state index in [2.05, 4.69) is 59.3 Å². The molecule has 24 heavy (non-hydrogen) atoms. The number of aryl methyl sites for hydroxylation is 1. The van der Waals surface area contributed by atoms with E-state index in [0.717, 1.165) is 63.0 Å². The lowest BCUT2D eigenvalue weighted by Gasteiger charge is -2.12. The first kappa shape index (κ1) is 17.5. The van der Waals surface area contributed by atoms with Crippen LogP contribution in [0.2, 0.25) is 0 Å². The van der Waals surface area contributed by atoms with Gasteiger partial charge in [0.2, 0.25) is 0 Å². The molecule has 0 aliphatic carbocycles. The van der Waals surface area contributed by atoms with Crippen LogP contribution in [0.15, 0.2) is 45.3 Å². The van der Waals surface area contributed by atoms with Crippen molar-refractivity contribution < 1.29 is 4.74 Å². The molecule has 2 N–H and O–H groups in total. The van der Waals surface area contributed by atoms with Gasteiger partial charge in [0.15, 0.2) is 0 Å². The van der Waals surface area contributed by atoms with Crippen molar-refractivity contribution in [2.45, 2.75) is 19.4 Å². The van der Waals surface area contributed by atoms with E-state index in [9.17, 15) is 0 Å². The maximum Gasteiger partial charge on any atom is 0.137 e. The second kappa shape index (κ2) is 8.14. The van der Waals surface area contributed by atoms with Crippen molar-refractivity contribution in [1.29, 1.82) is 0 Å². The molecule has 0 radical (unpaired) electrons. The topological polar surface area (TPSA) is 49.9 Å². The minimum absolute atomic E-state index is 0.765. The standard InChI is InChI=1S/C18H19Br2N3O/c1-24-18-12(9-13(19)10-14(18)20)11-21-8-4-7-17-22-15-5-2-3-6-16(15)23-17/h2-3,5-6,9-10,21H,4,7-8,11H2,1H3,(H,22,23). The lowest BCUT2D eigenvalue weighted by Crippen LogP contribution is -2.16. The number of para-hydroxylation sites is 2. The van der Waals surface area contributed by atoms with Gasteiger partial charge in [-0.25, -0.2) is 4.98 Å². The van der Waals surface area contributed by atoms with Crippen molar-refractivity contribution in [1.82, 2.24) is 15.3 Å². The Balaban J connectivity index is 1.50. The summed E-state index contributed by atoms with van der Waals surface area (Å²) in [7, 11) is 1.69. The van der Waals surface area contributed by atoms with Crippen LogP contribution in [-0.4, -0.2) is 23.6 Å². The maximum atomic E-state index is 5.47. The minimum Gasteiger partial charge on any atom is -0.495 e. The highest BCUT2D eigenvalue weighted by Crippen LogP contribution is 2.32. The first-order valence-corrected chi connectivity index (χ1v) is 9.42. The quantitative estimate of drug-likeness (QED) is 0.505. The lowest BCUT2D eigenvalue weighted by atomic mass is 10.2. The first-order chi connectivity index (χ1) is 11.7. The summed E-state index contributed by atoms with van der Waals surface area (Å²) >= 11 is 7.05. The second-order valence-corrected chi connectivity index (χ2v) is 7.33. The molecule has 3 rings (SSSR count). The molecule has 0 saturated heterocycles.